The molecule has 1 atom stereocenters. The summed E-state index contributed by atoms with van der Waals surface area (Å²) in [5, 5.41) is 3.45. The predicted octanol–water partition coefficient (Wildman–Crippen LogP) is 1.50. The van der Waals surface area contributed by atoms with Crippen LogP contribution in [0, 0.1) is 0 Å². The van der Waals surface area contributed by atoms with Gasteiger partial charge in [-0.3, -0.25) is 4.90 Å². The minimum Gasteiger partial charge on any atom is -0.399 e. The summed E-state index contributed by atoms with van der Waals surface area (Å²) in [7, 11) is 0. The largest absolute Gasteiger partial charge is 0.399 e. The van der Waals surface area contributed by atoms with Gasteiger partial charge in [0.2, 0.25) is 0 Å². The number of nitrogens with one attached hydrogen (secondary N) is 1. The third kappa shape index (κ3) is 3.72. The molecule has 1 aliphatic heterocycles. The first-order valence-corrected chi connectivity index (χ1v) is 6.55. The fraction of sp³-hybridized carbons (Fsp3) is 0.571. The Hall–Kier alpha value is -1.06. The molecule has 0 amide bonds. The first kappa shape index (κ1) is 12.4. The molecule has 0 spiro atoms. The molecule has 1 heterocycles. The summed E-state index contributed by atoms with van der Waals surface area (Å²) in [4.78, 5) is 2.58. The number of anilines is 1. The normalized spacial score (nSPS) is 19.8. The lowest BCUT2D eigenvalue weighted by Crippen LogP contribution is -2.37. The minimum absolute atomic E-state index is 0.610. The lowest BCUT2D eigenvalue weighted by atomic mass is 10.1. The number of nitrogen functional groups attached to an aromatic ring is 1. The topological polar surface area (TPSA) is 41.3 Å². The van der Waals surface area contributed by atoms with Crippen LogP contribution in [0.1, 0.15) is 18.9 Å². The van der Waals surface area contributed by atoms with Crippen LogP contribution < -0.4 is 11.1 Å². The molecule has 3 heteroatoms. The molecule has 0 aliphatic carbocycles. The van der Waals surface area contributed by atoms with Crippen LogP contribution in [0.15, 0.2) is 24.3 Å². The van der Waals surface area contributed by atoms with Crippen molar-refractivity contribution in [3.63, 3.8) is 0 Å². The maximum absolute atomic E-state index is 5.70. The van der Waals surface area contributed by atoms with Crippen LogP contribution in [0.5, 0.6) is 0 Å². The maximum atomic E-state index is 5.70. The zero-order valence-electron chi connectivity index (χ0n) is 10.7. The van der Waals surface area contributed by atoms with E-state index in [9.17, 15) is 0 Å². The van der Waals surface area contributed by atoms with Crippen LogP contribution in [-0.2, 0) is 6.42 Å². The monoisotopic (exact) mass is 233 g/mol. The van der Waals surface area contributed by atoms with E-state index >= 15 is 0 Å². The van der Waals surface area contributed by atoms with Crippen LogP contribution in [0.4, 0.5) is 5.69 Å². The van der Waals surface area contributed by atoms with E-state index in [1.807, 2.05) is 12.1 Å². The van der Waals surface area contributed by atoms with Gasteiger partial charge in [0, 0.05) is 24.8 Å². The summed E-state index contributed by atoms with van der Waals surface area (Å²) >= 11 is 0. The Morgan fingerprint density at radius 1 is 1.24 bits per heavy atom. The van der Waals surface area contributed by atoms with E-state index < -0.39 is 0 Å². The standard InChI is InChI=1S/C14H23N3/c1-12(17-9-2-7-16-8-10-17)11-13-3-5-14(15)6-4-13/h3-6,12,16H,2,7-11,15H2,1H3. The van der Waals surface area contributed by atoms with E-state index in [-0.39, 0.29) is 0 Å². The molecule has 0 radical (unpaired) electrons. The Bertz CT molecular complexity index is 326. The highest BCUT2D eigenvalue weighted by atomic mass is 15.2. The number of nitrogens with zero attached hydrogens (tertiary/aromatic N) is 1. The molecule has 1 aromatic carbocycles. The summed E-state index contributed by atoms with van der Waals surface area (Å²) in [6.45, 7) is 6.97. The quantitative estimate of drug-likeness (QED) is 0.777. The van der Waals surface area contributed by atoms with Crippen molar-refractivity contribution in [2.24, 2.45) is 0 Å². The molecule has 0 bridgehead atoms. The molecule has 3 nitrogen and oxygen atoms in total. The van der Waals surface area contributed by atoms with Crippen molar-refractivity contribution in [1.82, 2.24) is 10.2 Å². The van der Waals surface area contributed by atoms with Gasteiger partial charge in [-0.25, -0.2) is 0 Å². The predicted molar refractivity (Wildman–Crippen MR) is 73.1 cm³/mol. The van der Waals surface area contributed by atoms with E-state index in [1.54, 1.807) is 0 Å². The van der Waals surface area contributed by atoms with E-state index in [4.69, 9.17) is 5.73 Å². The zero-order valence-corrected chi connectivity index (χ0v) is 10.7. The van der Waals surface area contributed by atoms with Crippen molar-refractivity contribution in [2.45, 2.75) is 25.8 Å². The van der Waals surface area contributed by atoms with Gasteiger partial charge in [-0.1, -0.05) is 12.1 Å². The van der Waals surface area contributed by atoms with Crippen LogP contribution in [0.2, 0.25) is 0 Å². The Balaban J connectivity index is 1.90. The Morgan fingerprint density at radius 3 is 2.76 bits per heavy atom. The average molecular weight is 233 g/mol. The third-order valence-corrected chi connectivity index (χ3v) is 3.51. The average Bonchev–Trinajstić information content (AvgIpc) is 2.61. The van der Waals surface area contributed by atoms with Gasteiger partial charge in [-0.15, -0.1) is 0 Å². The van der Waals surface area contributed by atoms with Crippen molar-refractivity contribution in [3.8, 4) is 0 Å². The lowest BCUT2D eigenvalue weighted by Gasteiger charge is -2.27. The summed E-state index contributed by atoms with van der Waals surface area (Å²) < 4.78 is 0. The van der Waals surface area contributed by atoms with Gasteiger partial charge in [-0.05, 0) is 50.6 Å². The van der Waals surface area contributed by atoms with Gasteiger partial charge < -0.3 is 11.1 Å². The molecule has 1 fully saturated rings. The van der Waals surface area contributed by atoms with Crippen molar-refractivity contribution in [3.05, 3.63) is 29.8 Å². The Kier molecular flexibility index (Phi) is 4.40. The summed E-state index contributed by atoms with van der Waals surface area (Å²) in [5.41, 5.74) is 7.93. The highest BCUT2D eigenvalue weighted by Gasteiger charge is 2.15. The molecule has 3 N–H and O–H groups in total. The van der Waals surface area contributed by atoms with Crippen molar-refractivity contribution in [2.75, 3.05) is 31.9 Å². The second-order valence-electron chi connectivity index (χ2n) is 4.93. The van der Waals surface area contributed by atoms with Crippen molar-refractivity contribution in [1.29, 1.82) is 0 Å². The van der Waals surface area contributed by atoms with Crippen molar-refractivity contribution < 1.29 is 0 Å². The minimum atomic E-state index is 0.610. The number of nitrogens with two attached hydrogens (primary N) is 1. The molecule has 1 aliphatic rings. The molecule has 1 saturated heterocycles. The van der Waals surface area contributed by atoms with Gasteiger partial charge in [0.05, 0.1) is 0 Å². The van der Waals surface area contributed by atoms with Gasteiger partial charge >= 0.3 is 0 Å². The van der Waals surface area contributed by atoms with E-state index in [1.165, 1.54) is 18.5 Å². The first-order valence-electron chi connectivity index (χ1n) is 6.55. The van der Waals surface area contributed by atoms with Crippen LogP contribution in [0.3, 0.4) is 0 Å². The van der Waals surface area contributed by atoms with Crippen LogP contribution >= 0.6 is 0 Å². The molecular weight excluding hydrogens is 210 g/mol. The van der Waals surface area contributed by atoms with E-state index in [0.717, 1.165) is 31.7 Å². The van der Waals surface area contributed by atoms with Gasteiger partial charge in [0.15, 0.2) is 0 Å². The Morgan fingerprint density at radius 2 is 2.00 bits per heavy atom. The second kappa shape index (κ2) is 6.03. The fourth-order valence-electron chi connectivity index (χ4n) is 2.43. The number of benzene rings is 1. The molecule has 94 valence electrons. The van der Waals surface area contributed by atoms with E-state index in [2.05, 4.69) is 29.3 Å². The Labute approximate surface area is 104 Å². The second-order valence-corrected chi connectivity index (χ2v) is 4.93. The van der Waals surface area contributed by atoms with Gasteiger partial charge in [0.1, 0.15) is 0 Å². The fourth-order valence-corrected chi connectivity index (χ4v) is 2.43. The molecule has 2 rings (SSSR count). The van der Waals surface area contributed by atoms with Crippen LogP contribution in [-0.4, -0.2) is 37.1 Å². The van der Waals surface area contributed by atoms with Gasteiger partial charge in [-0.2, -0.15) is 0 Å². The summed E-state index contributed by atoms with van der Waals surface area (Å²) in [5.74, 6) is 0. The van der Waals surface area contributed by atoms with Gasteiger partial charge in [0.25, 0.3) is 0 Å². The molecule has 0 aromatic heterocycles. The SMILES string of the molecule is CC(Cc1ccc(N)cc1)N1CCCNCC1. The molecular formula is C14H23N3. The molecule has 1 unspecified atom stereocenters. The first-order chi connectivity index (χ1) is 8.25. The zero-order chi connectivity index (χ0) is 12.1. The summed E-state index contributed by atoms with van der Waals surface area (Å²) in [6, 6.07) is 8.88. The maximum Gasteiger partial charge on any atom is 0.0314 e. The number of hydrogen-bond donors (Lipinski definition) is 2. The summed E-state index contributed by atoms with van der Waals surface area (Å²) in [6.07, 6.45) is 2.37. The van der Waals surface area contributed by atoms with E-state index in [0.29, 0.717) is 6.04 Å². The smallest absolute Gasteiger partial charge is 0.0314 e. The number of hydrogen-bond acceptors (Lipinski definition) is 3. The lowest BCUT2D eigenvalue weighted by molar-refractivity contribution is 0.221. The molecule has 1 aromatic rings. The number of rotatable bonds is 3. The highest BCUT2D eigenvalue weighted by Crippen LogP contribution is 2.12. The van der Waals surface area contributed by atoms with Crippen LogP contribution in [0.25, 0.3) is 0 Å². The highest BCUT2D eigenvalue weighted by molar-refractivity contribution is 5.39. The molecule has 17 heavy (non-hydrogen) atoms. The third-order valence-electron chi connectivity index (χ3n) is 3.51. The molecule has 0 saturated carbocycles. The van der Waals surface area contributed by atoms with Crippen molar-refractivity contribution >= 4 is 5.69 Å².